The Bertz CT molecular complexity index is 1540. The summed E-state index contributed by atoms with van der Waals surface area (Å²) in [6, 6.07) is 33.0. The van der Waals surface area contributed by atoms with Crippen molar-refractivity contribution in [3.63, 3.8) is 0 Å². The van der Waals surface area contributed by atoms with Gasteiger partial charge in [0.2, 0.25) is 5.95 Å². The number of rotatable bonds is 10. The average Bonchev–Trinajstić information content (AvgIpc) is 2.98. The molecular weight excluding hydrogens is 510 g/mol. The van der Waals surface area contributed by atoms with Gasteiger partial charge in [-0.2, -0.15) is 4.98 Å². The van der Waals surface area contributed by atoms with Gasteiger partial charge in [0.1, 0.15) is 11.6 Å². The minimum absolute atomic E-state index is 0.165. The maximum absolute atomic E-state index is 12.4. The van der Waals surface area contributed by atoms with Gasteiger partial charge in [-0.1, -0.05) is 54.1 Å². The molecule has 0 saturated carbocycles. The molecule has 0 unspecified atom stereocenters. The number of para-hydroxylation sites is 1. The van der Waals surface area contributed by atoms with Crippen molar-refractivity contribution in [1.29, 1.82) is 0 Å². The molecule has 196 valence electrons. The van der Waals surface area contributed by atoms with Crippen LogP contribution in [0.2, 0.25) is 5.02 Å². The number of hydrogen-bond acceptors (Lipinski definition) is 6. The molecule has 5 rings (SSSR count). The Morgan fingerprint density at radius 2 is 1.56 bits per heavy atom. The second-order valence-electron chi connectivity index (χ2n) is 8.85. The van der Waals surface area contributed by atoms with Crippen LogP contribution < -0.4 is 20.3 Å². The Balaban J connectivity index is 1.41. The first-order valence-corrected chi connectivity index (χ1v) is 13.0. The second-order valence-corrected chi connectivity index (χ2v) is 9.28. The molecule has 8 heteroatoms. The second kappa shape index (κ2) is 12.3. The van der Waals surface area contributed by atoms with Gasteiger partial charge in [0.25, 0.3) is 5.91 Å². The molecular formula is C31H28ClN5O2. The van der Waals surface area contributed by atoms with E-state index in [1.54, 1.807) is 31.4 Å². The number of fused-ring (bicyclic) bond motifs is 1. The molecule has 0 bridgehead atoms. The number of benzene rings is 4. The van der Waals surface area contributed by atoms with Crippen molar-refractivity contribution in [1.82, 2.24) is 15.3 Å². The Kier molecular flexibility index (Phi) is 8.19. The third-order valence-corrected chi connectivity index (χ3v) is 6.46. The molecule has 39 heavy (non-hydrogen) atoms. The van der Waals surface area contributed by atoms with Crippen LogP contribution >= 0.6 is 11.6 Å². The summed E-state index contributed by atoms with van der Waals surface area (Å²) in [5.74, 6) is 1.88. The lowest BCUT2D eigenvalue weighted by molar-refractivity contribution is 0.0955. The summed E-state index contributed by atoms with van der Waals surface area (Å²) in [6.45, 7) is 1.47. The summed E-state index contributed by atoms with van der Waals surface area (Å²) in [4.78, 5) is 24.3. The van der Waals surface area contributed by atoms with Gasteiger partial charge in [-0.15, -0.1) is 0 Å². The van der Waals surface area contributed by atoms with Gasteiger partial charge in [-0.25, -0.2) is 4.98 Å². The first kappa shape index (κ1) is 26.0. The summed E-state index contributed by atoms with van der Waals surface area (Å²) in [7, 11) is 1.66. The number of methoxy groups -OCH3 is 1. The highest BCUT2D eigenvalue weighted by Gasteiger charge is 2.17. The van der Waals surface area contributed by atoms with Gasteiger partial charge in [0.05, 0.1) is 12.6 Å². The zero-order valence-corrected chi connectivity index (χ0v) is 22.2. The summed E-state index contributed by atoms with van der Waals surface area (Å²) < 4.78 is 5.38. The first-order chi connectivity index (χ1) is 19.1. The molecule has 7 nitrogen and oxygen atoms in total. The highest BCUT2D eigenvalue weighted by atomic mass is 35.5. The fourth-order valence-corrected chi connectivity index (χ4v) is 4.34. The molecule has 0 atom stereocenters. The van der Waals surface area contributed by atoms with Crippen LogP contribution in [-0.2, 0) is 6.54 Å². The van der Waals surface area contributed by atoms with Crippen LogP contribution in [0.25, 0.3) is 10.9 Å². The lowest BCUT2D eigenvalue weighted by Crippen LogP contribution is -2.29. The van der Waals surface area contributed by atoms with Gasteiger partial charge in [-0.05, 0) is 66.2 Å². The van der Waals surface area contributed by atoms with E-state index in [0.29, 0.717) is 36.2 Å². The van der Waals surface area contributed by atoms with E-state index in [4.69, 9.17) is 26.3 Å². The Hall–Kier alpha value is -4.62. The number of carbonyl (C=O) groups excluding carboxylic acids is 1. The van der Waals surface area contributed by atoms with E-state index >= 15 is 0 Å². The highest BCUT2D eigenvalue weighted by Crippen LogP contribution is 2.33. The number of amides is 1. The van der Waals surface area contributed by atoms with Crippen LogP contribution in [0.4, 0.5) is 17.5 Å². The first-order valence-electron chi connectivity index (χ1n) is 12.6. The normalized spacial score (nSPS) is 10.7. The van der Waals surface area contributed by atoms with E-state index in [1.807, 2.05) is 66.7 Å². The van der Waals surface area contributed by atoms with E-state index in [2.05, 4.69) is 27.7 Å². The standard InChI is InChI=1S/C31H28ClN5O2/c1-39-26-17-15-25(16-18-26)37(21-22-7-3-2-4-8-22)29-27-9-5-6-10-28(27)35-31(36-29)34-20-19-33-30(38)23-11-13-24(32)14-12-23/h2-18H,19-21H2,1H3,(H,33,38)(H,34,35,36). The van der Waals surface area contributed by atoms with Crippen LogP contribution in [0.1, 0.15) is 15.9 Å². The zero-order chi connectivity index (χ0) is 27.0. The van der Waals surface area contributed by atoms with Crippen molar-refractivity contribution < 1.29 is 9.53 Å². The number of anilines is 3. The lowest BCUT2D eigenvalue weighted by Gasteiger charge is -2.26. The van der Waals surface area contributed by atoms with Gasteiger partial charge in [0.15, 0.2) is 0 Å². The minimum atomic E-state index is -0.165. The van der Waals surface area contributed by atoms with Crippen molar-refractivity contribution in [3.05, 3.63) is 119 Å². The summed E-state index contributed by atoms with van der Waals surface area (Å²) in [5, 5.41) is 7.71. The van der Waals surface area contributed by atoms with Gasteiger partial charge in [0, 0.05) is 41.3 Å². The number of hydrogen-bond donors (Lipinski definition) is 2. The minimum Gasteiger partial charge on any atom is -0.497 e. The van der Waals surface area contributed by atoms with E-state index in [9.17, 15) is 4.79 Å². The number of nitrogens with zero attached hydrogens (tertiary/aromatic N) is 3. The fraction of sp³-hybridized carbons (Fsp3) is 0.129. The SMILES string of the molecule is COc1ccc(N(Cc2ccccc2)c2nc(NCCNC(=O)c3ccc(Cl)cc3)nc3ccccc23)cc1. The Morgan fingerprint density at radius 1 is 0.846 bits per heavy atom. The molecule has 2 N–H and O–H groups in total. The van der Waals surface area contributed by atoms with Crippen molar-refractivity contribution in [2.24, 2.45) is 0 Å². The van der Waals surface area contributed by atoms with Crippen molar-refractivity contribution >= 4 is 45.9 Å². The topological polar surface area (TPSA) is 79.4 Å². The molecule has 5 aromatic rings. The third-order valence-electron chi connectivity index (χ3n) is 6.21. The summed E-state index contributed by atoms with van der Waals surface area (Å²) in [5.41, 5.74) is 3.50. The fourth-order valence-electron chi connectivity index (χ4n) is 4.21. The molecule has 0 radical (unpaired) electrons. The molecule has 0 saturated heterocycles. The monoisotopic (exact) mass is 537 g/mol. The highest BCUT2D eigenvalue weighted by molar-refractivity contribution is 6.30. The van der Waals surface area contributed by atoms with Crippen molar-refractivity contribution in [2.75, 3.05) is 30.4 Å². The van der Waals surface area contributed by atoms with Gasteiger partial charge in [-0.3, -0.25) is 4.79 Å². The van der Waals surface area contributed by atoms with E-state index < -0.39 is 0 Å². The van der Waals surface area contributed by atoms with Crippen molar-refractivity contribution in [2.45, 2.75) is 6.54 Å². The maximum atomic E-state index is 12.4. The molecule has 1 amide bonds. The average molecular weight is 538 g/mol. The molecule has 0 aliphatic rings. The molecule has 0 spiro atoms. The lowest BCUT2D eigenvalue weighted by atomic mass is 10.1. The predicted molar refractivity (Wildman–Crippen MR) is 157 cm³/mol. The van der Waals surface area contributed by atoms with Gasteiger partial charge >= 0.3 is 0 Å². The van der Waals surface area contributed by atoms with Crippen LogP contribution in [0.5, 0.6) is 5.75 Å². The number of carbonyl (C=O) groups is 1. The molecule has 1 heterocycles. The number of ether oxygens (including phenoxy) is 1. The van der Waals surface area contributed by atoms with E-state index in [0.717, 1.165) is 33.7 Å². The zero-order valence-electron chi connectivity index (χ0n) is 21.5. The summed E-state index contributed by atoms with van der Waals surface area (Å²) in [6.07, 6.45) is 0. The molecule has 1 aromatic heterocycles. The maximum Gasteiger partial charge on any atom is 0.251 e. The van der Waals surface area contributed by atoms with Crippen LogP contribution in [-0.4, -0.2) is 36.1 Å². The third kappa shape index (κ3) is 6.45. The molecule has 4 aromatic carbocycles. The van der Waals surface area contributed by atoms with E-state index in [1.165, 1.54) is 0 Å². The molecule has 0 aliphatic heterocycles. The van der Waals surface area contributed by atoms with Crippen LogP contribution in [0, 0.1) is 0 Å². The number of nitrogens with one attached hydrogen (secondary N) is 2. The van der Waals surface area contributed by atoms with Crippen molar-refractivity contribution in [3.8, 4) is 5.75 Å². The smallest absolute Gasteiger partial charge is 0.251 e. The molecule has 0 fully saturated rings. The van der Waals surface area contributed by atoms with Crippen LogP contribution in [0.3, 0.4) is 0 Å². The number of halogens is 1. The summed E-state index contributed by atoms with van der Waals surface area (Å²) >= 11 is 5.92. The van der Waals surface area contributed by atoms with Crippen LogP contribution in [0.15, 0.2) is 103 Å². The predicted octanol–water partition coefficient (Wildman–Crippen LogP) is 6.47. The number of aromatic nitrogens is 2. The molecule has 0 aliphatic carbocycles. The Morgan fingerprint density at radius 3 is 2.31 bits per heavy atom. The van der Waals surface area contributed by atoms with E-state index in [-0.39, 0.29) is 5.91 Å². The Labute approximate surface area is 232 Å². The van der Waals surface area contributed by atoms with Gasteiger partial charge < -0.3 is 20.3 Å². The quantitative estimate of drug-likeness (QED) is 0.199. The largest absolute Gasteiger partial charge is 0.497 e.